The smallest absolute Gasteiger partial charge is 0.147 e. The Labute approximate surface area is 198 Å². The van der Waals surface area contributed by atoms with Gasteiger partial charge in [0.1, 0.15) is 11.6 Å². The molecule has 0 aliphatic carbocycles. The summed E-state index contributed by atoms with van der Waals surface area (Å²) in [6.07, 6.45) is 0. The Morgan fingerprint density at radius 1 is 0.500 bits per heavy atom. The molecule has 0 spiro atoms. The monoisotopic (exact) mass is 447 g/mol. The molecule has 5 rings (SSSR count). The molecule has 0 radical (unpaired) electrons. The van der Waals surface area contributed by atoms with Gasteiger partial charge in [-0.05, 0) is 52.1 Å². The molecule has 166 valence electrons. The van der Waals surface area contributed by atoms with E-state index in [0.29, 0.717) is 11.4 Å². The average molecular weight is 448 g/mol. The van der Waals surface area contributed by atoms with Crippen molar-refractivity contribution in [3.05, 3.63) is 133 Å². The lowest BCUT2D eigenvalue weighted by Gasteiger charge is -2.26. The van der Waals surface area contributed by atoms with E-state index in [0.717, 1.165) is 33.4 Å². The molecular formula is C31H23F2N. The van der Waals surface area contributed by atoms with Gasteiger partial charge in [-0.25, -0.2) is 8.78 Å². The standard InChI is InChI=1S/C31H23F2N/c1-34(29-18-9-8-17-27(29)32)31-28(33)20-19-26(30(31)23-13-6-3-7-14-23)25-16-10-15-24(21-25)22-11-4-2-5-12-22/h2-21H,1H3. The second-order valence-electron chi connectivity index (χ2n) is 8.14. The second kappa shape index (κ2) is 9.32. The normalized spacial score (nSPS) is 10.8. The molecule has 34 heavy (non-hydrogen) atoms. The number of halogens is 2. The van der Waals surface area contributed by atoms with Crippen LogP contribution < -0.4 is 4.90 Å². The molecule has 0 N–H and O–H groups in total. The Hall–Kier alpha value is -4.24. The van der Waals surface area contributed by atoms with Crippen molar-refractivity contribution in [3.63, 3.8) is 0 Å². The number of anilines is 2. The van der Waals surface area contributed by atoms with Crippen molar-refractivity contribution < 1.29 is 8.78 Å². The van der Waals surface area contributed by atoms with Crippen LogP contribution in [0.3, 0.4) is 0 Å². The van der Waals surface area contributed by atoms with Crippen LogP contribution in [0.4, 0.5) is 20.2 Å². The van der Waals surface area contributed by atoms with Gasteiger partial charge in [-0.3, -0.25) is 0 Å². The molecule has 5 aromatic carbocycles. The van der Waals surface area contributed by atoms with Crippen LogP contribution in [0.2, 0.25) is 0 Å². The fraction of sp³-hybridized carbons (Fsp3) is 0.0323. The van der Waals surface area contributed by atoms with E-state index in [9.17, 15) is 4.39 Å². The minimum atomic E-state index is -0.410. The molecule has 0 unspecified atom stereocenters. The van der Waals surface area contributed by atoms with Crippen molar-refractivity contribution in [3.8, 4) is 33.4 Å². The predicted molar refractivity (Wildman–Crippen MR) is 137 cm³/mol. The van der Waals surface area contributed by atoms with Crippen molar-refractivity contribution >= 4 is 11.4 Å². The minimum absolute atomic E-state index is 0.314. The minimum Gasteiger partial charge on any atom is -0.339 e. The summed E-state index contributed by atoms with van der Waals surface area (Å²) in [6.45, 7) is 0. The molecule has 0 aliphatic heterocycles. The van der Waals surface area contributed by atoms with Crippen LogP contribution in [0.15, 0.2) is 121 Å². The summed E-state index contributed by atoms with van der Waals surface area (Å²) in [4.78, 5) is 1.59. The number of benzene rings is 5. The number of hydrogen-bond acceptors (Lipinski definition) is 1. The van der Waals surface area contributed by atoms with Gasteiger partial charge in [-0.1, -0.05) is 97.1 Å². The quantitative estimate of drug-likeness (QED) is 0.260. The van der Waals surface area contributed by atoms with Crippen molar-refractivity contribution in [2.75, 3.05) is 11.9 Å². The molecule has 0 saturated carbocycles. The van der Waals surface area contributed by atoms with E-state index < -0.39 is 11.6 Å². The van der Waals surface area contributed by atoms with Crippen LogP contribution in [0.5, 0.6) is 0 Å². The van der Waals surface area contributed by atoms with E-state index in [4.69, 9.17) is 0 Å². The molecule has 0 heterocycles. The fourth-order valence-electron chi connectivity index (χ4n) is 4.37. The molecule has 3 heteroatoms. The first-order valence-electron chi connectivity index (χ1n) is 11.2. The third-order valence-electron chi connectivity index (χ3n) is 6.02. The van der Waals surface area contributed by atoms with Crippen molar-refractivity contribution in [2.45, 2.75) is 0 Å². The largest absolute Gasteiger partial charge is 0.339 e. The van der Waals surface area contributed by atoms with Crippen molar-refractivity contribution in [1.29, 1.82) is 0 Å². The number of nitrogens with zero attached hydrogens (tertiary/aromatic N) is 1. The molecule has 0 aliphatic rings. The Bertz CT molecular complexity index is 1430. The van der Waals surface area contributed by atoms with Gasteiger partial charge >= 0.3 is 0 Å². The molecule has 0 atom stereocenters. The summed E-state index contributed by atoms with van der Waals surface area (Å²) in [5.74, 6) is -0.813. The predicted octanol–water partition coefficient (Wildman–Crippen LogP) is 8.73. The van der Waals surface area contributed by atoms with Crippen LogP contribution in [-0.2, 0) is 0 Å². The molecule has 0 saturated heterocycles. The number of para-hydroxylation sites is 1. The van der Waals surface area contributed by atoms with Crippen LogP contribution in [0.25, 0.3) is 33.4 Å². The Balaban J connectivity index is 1.75. The molecule has 0 aromatic heterocycles. The van der Waals surface area contributed by atoms with E-state index in [-0.39, 0.29) is 0 Å². The summed E-state index contributed by atoms with van der Waals surface area (Å²) in [6, 6.07) is 37.8. The van der Waals surface area contributed by atoms with Gasteiger partial charge in [0.05, 0.1) is 11.4 Å². The van der Waals surface area contributed by atoms with Gasteiger partial charge in [0.15, 0.2) is 0 Å². The van der Waals surface area contributed by atoms with Crippen LogP contribution in [0, 0.1) is 11.6 Å². The maximum absolute atomic E-state index is 15.5. The van der Waals surface area contributed by atoms with Gasteiger partial charge in [-0.15, -0.1) is 0 Å². The summed E-state index contributed by atoms with van der Waals surface area (Å²) < 4.78 is 30.2. The Morgan fingerprint density at radius 3 is 1.79 bits per heavy atom. The maximum Gasteiger partial charge on any atom is 0.147 e. The lowest BCUT2D eigenvalue weighted by Crippen LogP contribution is -2.14. The van der Waals surface area contributed by atoms with E-state index in [1.807, 2.05) is 60.7 Å². The lowest BCUT2D eigenvalue weighted by molar-refractivity contribution is 0.618. The third-order valence-corrected chi connectivity index (χ3v) is 6.02. The van der Waals surface area contributed by atoms with Gasteiger partial charge < -0.3 is 4.90 Å². The average Bonchev–Trinajstić information content (AvgIpc) is 2.89. The summed E-state index contributed by atoms with van der Waals surface area (Å²) in [5, 5.41) is 0. The second-order valence-corrected chi connectivity index (χ2v) is 8.14. The van der Waals surface area contributed by atoms with Gasteiger partial charge in [0.25, 0.3) is 0 Å². The van der Waals surface area contributed by atoms with Gasteiger partial charge in [0, 0.05) is 12.6 Å². The summed E-state index contributed by atoms with van der Waals surface area (Å²) >= 11 is 0. The highest BCUT2D eigenvalue weighted by Crippen LogP contribution is 2.44. The third kappa shape index (κ3) is 4.08. The summed E-state index contributed by atoms with van der Waals surface area (Å²) in [7, 11) is 1.70. The highest BCUT2D eigenvalue weighted by atomic mass is 19.1. The molecule has 0 amide bonds. The van der Waals surface area contributed by atoms with E-state index in [1.165, 1.54) is 12.1 Å². The van der Waals surface area contributed by atoms with E-state index >= 15 is 4.39 Å². The topological polar surface area (TPSA) is 3.24 Å². The first-order chi connectivity index (χ1) is 16.6. The zero-order valence-corrected chi connectivity index (χ0v) is 18.8. The van der Waals surface area contributed by atoms with E-state index in [1.54, 1.807) is 36.2 Å². The van der Waals surface area contributed by atoms with Gasteiger partial charge in [-0.2, -0.15) is 0 Å². The highest BCUT2D eigenvalue weighted by Gasteiger charge is 2.22. The summed E-state index contributed by atoms with van der Waals surface area (Å²) in [5.41, 5.74) is 6.25. The zero-order valence-electron chi connectivity index (χ0n) is 18.8. The van der Waals surface area contributed by atoms with Crippen molar-refractivity contribution in [2.24, 2.45) is 0 Å². The maximum atomic E-state index is 15.5. The Kier molecular flexibility index (Phi) is 5.92. The first kappa shape index (κ1) is 21.6. The lowest BCUT2D eigenvalue weighted by atomic mass is 9.90. The zero-order chi connectivity index (χ0) is 23.5. The number of hydrogen-bond donors (Lipinski definition) is 0. The first-order valence-corrected chi connectivity index (χ1v) is 11.2. The highest BCUT2D eigenvalue weighted by molar-refractivity contribution is 5.95. The molecule has 1 nitrogen and oxygen atoms in total. The number of rotatable bonds is 5. The molecule has 0 bridgehead atoms. The van der Waals surface area contributed by atoms with Crippen LogP contribution in [-0.4, -0.2) is 7.05 Å². The molecular weight excluding hydrogens is 424 g/mol. The SMILES string of the molecule is CN(c1ccccc1F)c1c(F)ccc(-c2cccc(-c3ccccc3)c2)c1-c1ccccc1. The molecule has 0 fully saturated rings. The molecule has 5 aromatic rings. The van der Waals surface area contributed by atoms with Gasteiger partial charge in [0.2, 0.25) is 0 Å². The van der Waals surface area contributed by atoms with Crippen molar-refractivity contribution in [1.82, 2.24) is 0 Å². The van der Waals surface area contributed by atoms with Crippen LogP contribution >= 0.6 is 0 Å². The fourth-order valence-corrected chi connectivity index (χ4v) is 4.37. The van der Waals surface area contributed by atoms with E-state index in [2.05, 4.69) is 24.3 Å². The Morgan fingerprint density at radius 2 is 1.09 bits per heavy atom. The van der Waals surface area contributed by atoms with Crippen LogP contribution in [0.1, 0.15) is 0 Å².